The molecule has 0 fully saturated rings. The van der Waals surface area contributed by atoms with Crippen LogP contribution in [0, 0.1) is 0 Å². The van der Waals surface area contributed by atoms with E-state index in [4.69, 9.17) is 9.47 Å². The van der Waals surface area contributed by atoms with Crippen LogP contribution in [0.2, 0.25) is 0 Å². The summed E-state index contributed by atoms with van der Waals surface area (Å²) < 4.78 is 10.8. The van der Waals surface area contributed by atoms with Gasteiger partial charge >= 0.3 is 0 Å². The molecule has 0 saturated heterocycles. The number of rotatable bonds is 10. The molecular weight excluding hydrogens is 178 g/mol. The standard InChI is InChI=1S/C11H25NO2/c1-4-6-11(12-3)10-14-9-8-13-7-5-2/h11-12H,4-10H2,1-3H3. The smallest absolute Gasteiger partial charge is 0.0701 e. The maximum atomic E-state index is 5.50. The number of hydrogen-bond acceptors (Lipinski definition) is 3. The van der Waals surface area contributed by atoms with Crippen LogP contribution >= 0.6 is 0 Å². The third kappa shape index (κ3) is 8.48. The minimum Gasteiger partial charge on any atom is -0.379 e. The van der Waals surface area contributed by atoms with Crippen LogP contribution in [0.1, 0.15) is 33.1 Å². The second kappa shape index (κ2) is 11.0. The molecule has 0 saturated carbocycles. The highest BCUT2D eigenvalue weighted by molar-refractivity contribution is 4.61. The topological polar surface area (TPSA) is 30.5 Å². The van der Waals surface area contributed by atoms with Crippen molar-refractivity contribution < 1.29 is 9.47 Å². The van der Waals surface area contributed by atoms with Gasteiger partial charge in [0.25, 0.3) is 0 Å². The maximum absolute atomic E-state index is 5.50. The molecular formula is C11H25NO2. The molecule has 0 spiro atoms. The lowest BCUT2D eigenvalue weighted by molar-refractivity contribution is 0.0391. The summed E-state index contributed by atoms with van der Waals surface area (Å²) in [5.74, 6) is 0. The Morgan fingerprint density at radius 1 is 1.00 bits per heavy atom. The minimum atomic E-state index is 0.492. The molecule has 0 amide bonds. The summed E-state index contributed by atoms with van der Waals surface area (Å²) in [6.07, 6.45) is 3.45. The fourth-order valence-corrected chi connectivity index (χ4v) is 1.25. The summed E-state index contributed by atoms with van der Waals surface area (Å²) in [7, 11) is 1.98. The largest absolute Gasteiger partial charge is 0.379 e. The summed E-state index contributed by atoms with van der Waals surface area (Å²) in [5.41, 5.74) is 0. The molecule has 14 heavy (non-hydrogen) atoms. The summed E-state index contributed by atoms with van der Waals surface area (Å²) in [4.78, 5) is 0. The predicted octanol–water partition coefficient (Wildman–Crippen LogP) is 1.82. The van der Waals surface area contributed by atoms with Gasteiger partial charge in [0.15, 0.2) is 0 Å². The maximum Gasteiger partial charge on any atom is 0.0701 e. The SMILES string of the molecule is CCCOCCOCC(CCC)NC. The highest BCUT2D eigenvalue weighted by Crippen LogP contribution is 1.96. The Bertz CT molecular complexity index is 109. The van der Waals surface area contributed by atoms with Crippen LogP contribution in [0.15, 0.2) is 0 Å². The van der Waals surface area contributed by atoms with Crippen molar-refractivity contribution in [2.24, 2.45) is 0 Å². The van der Waals surface area contributed by atoms with E-state index in [1.807, 2.05) is 7.05 Å². The lowest BCUT2D eigenvalue weighted by Crippen LogP contribution is -2.30. The van der Waals surface area contributed by atoms with Crippen molar-refractivity contribution in [1.82, 2.24) is 5.32 Å². The van der Waals surface area contributed by atoms with Gasteiger partial charge in [0.1, 0.15) is 0 Å². The molecule has 0 aromatic carbocycles. The van der Waals surface area contributed by atoms with Gasteiger partial charge < -0.3 is 14.8 Å². The highest BCUT2D eigenvalue weighted by atomic mass is 16.5. The van der Waals surface area contributed by atoms with Crippen LogP contribution in [-0.2, 0) is 9.47 Å². The Hall–Kier alpha value is -0.120. The zero-order valence-corrected chi connectivity index (χ0v) is 9.84. The molecule has 3 heteroatoms. The molecule has 0 radical (unpaired) electrons. The molecule has 0 aliphatic carbocycles. The number of nitrogens with one attached hydrogen (secondary N) is 1. The molecule has 0 heterocycles. The van der Waals surface area contributed by atoms with E-state index in [9.17, 15) is 0 Å². The van der Waals surface area contributed by atoms with Crippen LogP contribution in [0.4, 0.5) is 0 Å². The van der Waals surface area contributed by atoms with Gasteiger partial charge in [0.2, 0.25) is 0 Å². The quantitative estimate of drug-likeness (QED) is 0.549. The summed E-state index contributed by atoms with van der Waals surface area (Å²) in [6, 6.07) is 0.492. The third-order valence-corrected chi connectivity index (χ3v) is 2.08. The van der Waals surface area contributed by atoms with Crippen molar-refractivity contribution in [2.75, 3.05) is 33.5 Å². The first-order valence-electron chi connectivity index (χ1n) is 5.67. The van der Waals surface area contributed by atoms with E-state index in [1.54, 1.807) is 0 Å². The van der Waals surface area contributed by atoms with E-state index in [0.29, 0.717) is 12.6 Å². The van der Waals surface area contributed by atoms with Gasteiger partial charge in [-0.2, -0.15) is 0 Å². The molecule has 1 unspecified atom stereocenters. The molecule has 1 atom stereocenters. The predicted molar refractivity (Wildman–Crippen MR) is 59.7 cm³/mol. The second-order valence-corrected chi connectivity index (χ2v) is 3.46. The minimum absolute atomic E-state index is 0.492. The first kappa shape index (κ1) is 13.9. The Labute approximate surface area is 88.2 Å². The zero-order chi connectivity index (χ0) is 10.6. The van der Waals surface area contributed by atoms with E-state index >= 15 is 0 Å². The Balaban J connectivity index is 3.15. The van der Waals surface area contributed by atoms with Gasteiger partial charge in [-0.1, -0.05) is 20.3 Å². The van der Waals surface area contributed by atoms with Crippen LogP contribution in [0.25, 0.3) is 0 Å². The summed E-state index contributed by atoms with van der Waals surface area (Å²) >= 11 is 0. The molecule has 0 aliphatic rings. The number of ether oxygens (including phenoxy) is 2. The van der Waals surface area contributed by atoms with Gasteiger partial charge in [0.05, 0.1) is 19.8 Å². The average Bonchev–Trinajstić information content (AvgIpc) is 2.21. The lowest BCUT2D eigenvalue weighted by atomic mass is 10.2. The molecule has 3 nitrogen and oxygen atoms in total. The van der Waals surface area contributed by atoms with Crippen molar-refractivity contribution in [3.8, 4) is 0 Å². The molecule has 0 aromatic rings. The Morgan fingerprint density at radius 3 is 2.29 bits per heavy atom. The van der Waals surface area contributed by atoms with E-state index in [2.05, 4.69) is 19.2 Å². The van der Waals surface area contributed by atoms with Crippen LogP contribution in [-0.4, -0.2) is 39.5 Å². The van der Waals surface area contributed by atoms with Crippen LogP contribution in [0.5, 0.6) is 0 Å². The Kier molecular flexibility index (Phi) is 10.9. The molecule has 0 rings (SSSR count). The van der Waals surface area contributed by atoms with Crippen molar-refractivity contribution >= 4 is 0 Å². The molecule has 0 bridgehead atoms. The van der Waals surface area contributed by atoms with Crippen molar-refractivity contribution in [3.05, 3.63) is 0 Å². The first-order valence-corrected chi connectivity index (χ1v) is 5.67. The normalized spacial score (nSPS) is 13.1. The fourth-order valence-electron chi connectivity index (χ4n) is 1.25. The van der Waals surface area contributed by atoms with Gasteiger partial charge in [-0.15, -0.1) is 0 Å². The summed E-state index contributed by atoms with van der Waals surface area (Å²) in [6.45, 7) is 7.36. The van der Waals surface area contributed by atoms with Gasteiger partial charge in [0, 0.05) is 12.6 Å². The van der Waals surface area contributed by atoms with Gasteiger partial charge in [-0.3, -0.25) is 0 Å². The lowest BCUT2D eigenvalue weighted by Gasteiger charge is -2.15. The number of hydrogen-bond donors (Lipinski definition) is 1. The monoisotopic (exact) mass is 203 g/mol. The van der Waals surface area contributed by atoms with Crippen LogP contribution in [0.3, 0.4) is 0 Å². The van der Waals surface area contributed by atoms with E-state index < -0.39 is 0 Å². The van der Waals surface area contributed by atoms with Gasteiger partial charge in [-0.05, 0) is 19.9 Å². The van der Waals surface area contributed by atoms with Crippen molar-refractivity contribution in [1.29, 1.82) is 0 Å². The molecule has 0 aromatic heterocycles. The number of likely N-dealkylation sites (N-methyl/N-ethyl adjacent to an activating group) is 1. The second-order valence-electron chi connectivity index (χ2n) is 3.46. The van der Waals surface area contributed by atoms with E-state index in [0.717, 1.165) is 26.2 Å². The first-order chi connectivity index (χ1) is 6.85. The van der Waals surface area contributed by atoms with Crippen LogP contribution < -0.4 is 5.32 Å². The third-order valence-electron chi connectivity index (χ3n) is 2.08. The molecule has 86 valence electrons. The molecule has 1 N–H and O–H groups in total. The zero-order valence-electron chi connectivity index (χ0n) is 9.84. The fraction of sp³-hybridized carbons (Fsp3) is 1.00. The van der Waals surface area contributed by atoms with E-state index in [1.165, 1.54) is 12.8 Å². The highest BCUT2D eigenvalue weighted by Gasteiger charge is 2.03. The van der Waals surface area contributed by atoms with Crippen molar-refractivity contribution in [3.63, 3.8) is 0 Å². The Morgan fingerprint density at radius 2 is 1.71 bits per heavy atom. The van der Waals surface area contributed by atoms with Crippen molar-refractivity contribution in [2.45, 2.75) is 39.2 Å². The average molecular weight is 203 g/mol. The van der Waals surface area contributed by atoms with E-state index in [-0.39, 0.29) is 0 Å². The summed E-state index contributed by atoms with van der Waals surface area (Å²) in [5, 5.41) is 3.24. The van der Waals surface area contributed by atoms with Gasteiger partial charge in [-0.25, -0.2) is 0 Å². The molecule has 0 aliphatic heterocycles.